The Balaban J connectivity index is 1.38. The van der Waals surface area contributed by atoms with Gasteiger partial charge in [-0.2, -0.15) is 0 Å². The summed E-state index contributed by atoms with van der Waals surface area (Å²) in [5.41, 5.74) is 1.76. The van der Waals surface area contributed by atoms with E-state index in [0.29, 0.717) is 60.9 Å². The monoisotopic (exact) mass is 504 g/mol. The van der Waals surface area contributed by atoms with E-state index in [9.17, 15) is 14.7 Å². The van der Waals surface area contributed by atoms with Crippen molar-refractivity contribution in [3.63, 3.8) is 0 Å². The zero-order chi connectivity index (χ0) is 26.5. The second-order valence-electron chi connectivity index (χ2n) is 8.43. The fourth-order valence-corrected chi connectivity index (χ4v) is 3.28. The van der Waals surface area contributed by atoms with Gasteiger partial charge in [-0.05, 0) is 67.8 Å². The van der Waals surface area contributed by atoms with Crippen molar-refractivity contribution in [2.45, 2.75) is 38.9 Å². The molecule has 1 unspecified atom stereocenters. The maximum atomic E-state index is 12.5. The molecule has 0 fully saturated rings. The Morgan fingerprint density at radius 2 is 1.65 bits per heavy atom. The maximum absolute atomic E-state index is 12.5. The first-order valence-corrected chi connectivity index (χ1v) is 12.2. The number of hydrogen-bond acceptors (Lipinski definition) is 7. The van der Waals surface area contributed by atoms with Gasteiger partial charge in [0.1, 0.15) is 17.3 Å². The summed E-state index contributed by atoms with van der Waals surface area (Å²) in [6.07, 6.45) is 8.07. The number of benzene rings is 2. The number of carbonyl (C=O) groups is 2. The molecular weight excluding hydrogens is 472 g/mol. The van der Waals surface area contributed by atoms with Crippen LogP contribution in [0.2, 0.25) is 0 Å². The van der Waals surface area contributed by atoms with Gasteiger partial charge in [0.05, 0.1) is 18.8 Å². The van der Waals surface area contributed by atoms with Gasteiger partial charge in [-0.1, -0.05) is 43.0 Å². The Labute approximate surface area is 217 Å². The van der Waals surface area contributed by atoms with E-state index < -0.39 is 12.3 Å². The van der Waals surface area contributed by atoms with Gasteiger partial charge < -0.3 is 24.1 Å². The number of esters is 2. The van der Waals surface area contributed by atoms with E-state index in [1.807, 2.05) is 30.3 Å². The van der Waals surface area contributed by atoms with Crippen LogP contribution in [0, 0.1) is 0 Å². The van der Waals surface area contributed by atoms with E-state index in [1.165, 1.54) is 0 Å². The molecule has 0 aliphatic heterocycles. The first-order chi connectivity index (χ1) is 17.9. The molecule has 3 rings (SSSR count). The van der Waals surface area contributed by atoms with E-state index in [4.69, 9.17) is 18.9 Å². The van der Waals surface area contributed by atoms with Crippen LogP contribution >= 0.6 is 0 Å². The van der Waals surface area contributed by atoms with Crippen molar-refractivity contribution >= 4 is 18.0 Å². The summed E-state index contributed by atoms with van der Waals surface area (Å²) >= 11 is 0. The highest BCUT2D eigenvalue weighted by Gasteiger charge is 2.15. The molecule has 194 valence electrons. The maximum Gasteiger partial charge on any atom is 0.343 e. The van der Waals surface area contributed by atoms with Gasteiger partial charge in [0.25, 0.3) is 0 Å². The van der Waals surface area contributed by atoms with Gasteiger partial charge in [-0.3, -0.25) is 0 Å². The molecule has 0 saturated heterocycles. The minimum atomic E-state index is -1.07. The molecule has 0 amide bonds. The van der Waals surface area contributed by atoms with Gasteiger partial charge in [-0.25, -0.2) is 9.59 Å². The third-order valence-corrected chi connectivity index (χ3v) is 5.30. The van der Waals surface area contributed by atoms with Crippen molar-refractivity contribution in [3.05, 3.63) is 108 Å². The summed E-state index contributed by atoms with van der Waals surface area (Å²) in [7, 11) is 0. The number of hydrogen-bond donors (Lipinski definition) is 1. The van der Waals surface area contributed by atoms with Crippen molar-refractivity contribution in [2.75, 3.05) is 13.2 Å². The van der Waals surface area contributed by atoms with E-state index in [0.717, 1.165) is 12.0 Å². The molecule has 0 heterocycles. The van der Waals surface area contributed by atoms with E-state index in [-0.39, 0.29) is 5.97 Å². The SMILES string of the molecule is C=C(C)C(=O)OCCCCOc1ccc(C(=O)OC2=CC=C(OC(O)/C=C/c3ccccc3)CC2)cc1. The Morgan fingerprint density at radius 3 is 2.32 bits per heavy atom. The summed E-state index contributed by atoms with van der Waals surface area (Å²) in [4.78, 5) is 23.8. The van der Waals surface area contributed by atoms with Crippen LogP contribution in [-0.2, 0) is 19.0 Å². The molecule has 7 heteroatoms. The molecule has 0 radical (unpaired) electrons. The molecule has 1 aliphatic carbocycles. The number of aliphatic hydroxyl groups is 1. The van der Waals surface area contributed by atoms with E-state index >= 15 is 0 Å². The van der Waals surface area contributed by atoms with Crippen molar-refractivity contribution in [1.29, 1.82) is 0 Å². The van der Waals surface area contributed by atoms with Gasteiger partial charge in [0, 0.05) is 18.4 Å². The molecule has 1 aliphatic rings. The highest BCUT2D eigenvalue weighted by atomic mass is 16.6. The van der Waals surface area contributed by atoms with Crippen LogP contribution in [0.15, 0.2) is 96.5 Å². The minimum absolute atomic E-state index is 0.324. The summed E-state index contributed by atoms with van der Waals surface area (Å²) in [6.45, 7) is 5.94. The lowest BCUT2D eigenvalue weighted by Crippen LogP contribution is -2.11. The molecule has 0 aromatic heterocycles. The van der Waals surface area contributed by atoms with Gasteiger partial charge in [0.2, 0.25) is 6.29 Å². The molecule has 0 saturated carbocycles. The van der Waals surface area contributed by atoms with Crippen LogP contribution in [-0.4, -0.2) is 36.5 Å². The fourth-order valence-electron chi connectivity index (χ4n) is 3.28. The summed E-state index contributed by atoms with van der Waals surface area (Å²) < 4.78 is 21.7. The minimum Gasteiger partial charge on any atom is -0.494 e. The van der Waals surface area contributed by atoms with Crippen LogP contribution in [0.4, 0.5) is 0 Å². The van der Waals surface area contributed by atoms with Crippen LogP contribution in [0.5, 0.6) is 5.75 Å². The van der Waals surface area contributed by atoms with Gasteiger partial charge >= 0.3 is 11.9 Å². The third-order valence-electron chi connectivity index (χ3n) is 5.30. The normalized spacial score (nSPS) is 13.8. The van der Waals surface area contributed by atoms with Gasteiger partial charge in [0.15, 0.2) is 0 Å². The molecular formula is C30H32O7. The summed E-state index contributed by atoms with van der Waals surface area (Å²) in [5.74, 6) is 0.931. The van der Waals surface area contributed by atoms with Crippen molar-refractivity contribution in [1.82, 2.24) is 0 Å². The number of carbonyl (C=O) groups excluding carboxylic acids is 2. The molecule has 37 heavy (non-hydrogen) atoms. The quantitative estimate of drug-likeness (QED) is 0.161. The number of allylic oxidation sites excluding steroid dienone is 4. The standard InChI is InChI=1S/C30H32O7/c1-22(2)29(32)35-21-7-6-20-34-25-13-11-24(12-14-25)30(33)37-27-17-15-26(16-18-27)36-28(31)19-10-23-8-4-3-5-9-23/h3-5,8-15,17,19,28,31H,1,6-7,16,18,20-21H2,2H3/b19-10+. The largest absolute Gasteiger partial charge is 0.494 e. The molecule has 1 N–H and O–H groups in total. The average molecular weight is 505 g/mol. The lowest BCUT2D eigenvalue weighted by Gasteiger charge is -2.17. The van der Waals surface area contributed by atoms with Crippen LogP contribution < -0.4 is 4.74 Å². The molecule has 2 aromatic carbocycles. The fraction of sp³-hybridized carbons (Fsp3) is 0.267. The third kappa shape index (κ3) is 9.82. The van der Waals surface area contributed by atoms with Crippen molar-refractivity contribution in [2.24, 2.45) is 0 Å². The zero-order valence-electron chi connectivity index (χ0n) is 20.9. The highest BCUT2D eigenvalue weighted by Crippen LogP contribution is 2.23. The highest BCUT2D eigenvalue weighted by molar-refractivity contribution is 5.90. The lowest BCUT2D eigenvalue weighted by molar-refractivity contribution is -0.139. The topological polar surface area (TPSA) is 91.3 Å². The molecule has 0 bridgehead atoms. The smallest absolute Gasteiger partial charge is 0.343 e. The van der Waals surface area contributed by atoms with E-state index in [2.05, 4.69) is 6.58 Å². The summed E-state index contributed by atoms with van der Waals surface area (Å²) in [6, 6.07) is 16.4. The van der Waals surface area contributed by atoms with Crippen LogP contribution in [0.1, 0.15) is 48.5 Å². The average Bonchev–Trinajstić information content (AvgIpc) is 2.91. The predicted molar refractivity (Wildman–Crippen MR) is 140 cm³/mol. The Bertz CT molecular complexity index is 1140. The Kier molecular flexibility index (Phi) is 10.7. The second-order valence-corrected chi connectivity index (χ2v) is 8.43. The van der Waals surface area contributed by atoms with Crippen LogP contribution in [0.3, 0.4) is 0 Å². The van der Waals surface area contributed by atoms with Crippen molar-refractivity contribution < 1.29 is 33.6 Å². The number of aliphatic hydroxyl groups excluding tert-OH is 1. The Morgan fingerprint density at radius 1 is 0.973 bits per heavy atom. The van der Waals surface area contributed by atoms with Gasteiger partial charge in [-0.15, -0.1) is 0 Å². The summed E-state index contributed by atoms with van der Waals surface area (Å²) in [5, 5.41) is 10.1. The molecule has 1 atom stereocenters. The Hall–Kier alpha value is -4.10. The lowest BCUT2D eigenvalue weighted by atomic mass is 10.1. The predicted octanol–water partition coefficient (Wildman–Crippen LogP) is 5.73. The van der Waals surface area contributed by atoms with Crippen molar-refractivity contribution in [3.8, 4) is 5.75 Å². The molecule has 2 aromatic rings. The number of rotatable bonds is 13. The first kappa shape index (κ1) is 27.5. The number of unbranched alkanes of at least 4 members (excludes halogenated alkanes) is 1. The molecule has 0 spiro atoms. The molecule has 7 nitrogen and oxygen atoms in total. The van der Waals surface area contributed by atoms with Crippen LogP contribution in [0.25, 0.3) is 6.08 Å². The zero-order valence-corrected chi connectivity index (χ0v) is 20.9. The van der Waals surface area contributed by atoms with E-state index in [1.54, 1.807) is 55.5 Å². The number of ether oxygens (including phenoxy) is 4. The first-order valence-electron chi connectivity index (χ1n) is 12.2. The second kappa shape index (κ2) is 14.5.